The number of nitrogens with zero attached hydrogens (tertiary/aromatic N) is 2. The van der Waals surface area contributed by atoms with E-state index in [4.69, 9.17) is 4.42 Å². The molecule has 0 saturated carbocycles. The molecular weight excluding hydrogens is 394 g/mol. The van der Waals surface area contributed by atoms with Gasteiger partial charge in [0.2, 0.25) is 10.0 Å². The van der Waals surface area contributed by atoms with Crippen LogP contribution in [-0.4, -0.2) is 28.8 Å². The molecule has 0 saturated heterocycles. The van der Waals surface area contributed by atoms with Crippen LogP contribution in [0.5, 0.6) is 0 Å². The maximum Gasteiger partial charge on any atom is 0.242 e. The van der Waals surface area contributed by atoms with Gasteiger partial charge in [0.1, 0.15) is 21.7 Å². The van der Waals surface area contributed by atoms with Gasteiger partial charge in [0.15, 0.2) is 5.60 Å². The van der Waals surface area contributed by atoms with Gasteiger partial charge in [-0.3, -0.25) is 0 Å². The molecule has 3 aromatic heterocycles. The molecule has 0 radical (unpaired) electrons. The zero-order chi connectivity index (χ0) is 18.2. The number of hydrogen-bond donors (Lipinski definition) is 2. The lowest BCUT2D eigenvalue weighted by Crippen LogP contribution is -2.41. The van der Waals surface area contributed by atoms with Gasteiger partial charge in [-0.1, -0.05) is 6.07 Å². The SMILES string of the molecule is O=S(=O)(NCC(O)(c1ccsc1)c1ccco1)c1cccc2nsnc12. The lowest BCUT2D eigenvalue weighted by molar-refractivity contribution is 0.0623. The van der Waals surface area contributed by atoms with Crippen molar-refractivity contribution in [2.75, 3.05) is 6.54 Å². The Morgan fingerprint density at radius 3 is 2.81 bits per heavy atom. The van der Waals surface area contributed by atoms with E-state index >= 15 is 0 Å². The molecule has 134 valence electrons. The van der Waals surface area contributed by atoms with E-state index in [1.54, 1.807) is 41.1 Å². The Balaban J connectivity index is 1.69. The lowest BCUT2D eigenvalue weighted by atomic mass is 9.94. The molecule has 0 spiro atoms. The Morgan fingerprint density at radius 1 is 1.19 bits per heavy atom. The number of aliphatic hydroxyl groups is 1. The number of rotatable bonds is 6. The molecule has 0 aliphatic rings. The van der Waals surface area contributed by atoms with Crippen LogP contribution in [0.25, 0.3) is 11.0 Å². The van der Waals surface area contributed by atoms with Gasteiger partial charge in [-0.2, -0.15) is 20.1 Å². The molecule has 4 aromatic rings. The van der Waals surface area contributed by atoms with Crippen LogP contribution in [0.2, 0.25) is 0 Å². The number of furan rings is 1. The number of nitrogens with one attached hydrogen (secondary N) is 1. The van der Waals surface area contributed by atoms with Crippen LogP contribution in [0, 0.1) is 0 Å². The second-order valence-corrected chi connectivity index (χ2v) is 8.61. The number of aromatic nitrogens is 2. The van der Waals surface area contributed by atoms with Crippen molar-refractivity contribution < 1.29 is 17.9 Å². The second-order valence-electron chi connectivity index (χ2n) is 5.56. The van der Waals surface area contributed by atoms with Gasteiger partial charge >= 0.3 is 0 Å². The average Bonchev–Trinajstić information content (AvgIpc) is 3.41. The molecule has 1 unspecified atom stereocenters. The third-order valence-corrected chi connectivity index (χ3v) is 6.64. The Hall–Kier alpha value is -2.11. The van der Waals surface area contributed by atoms with Crippen molar-refractivity contribution in [1.29, 1.82) is 0 Å². The Bertz CT molecular complexity index is 1080. The van der Waals surface area contributed by atoms with E-state index in [0.717, 1.165) is 11.7 Å². The summed E-state index contributed by atoms with van der Waals surface area (Å²) in [5.74, 6) is 0.257. The van der Waals surface area contributed by atoms with Gasteiger partial charge in [-0.25, -0.2) is 13.1 Å². The monoisotopic (exact) mass is 407 g/mol. The number of fused-ring (bicyclic) bond motifs is 1. The first-order valence-corrected chi connectivity index (χ1v) is 10.7. The van der Waals surface area contributed by atoms with Gasteiger partial charge in [0.25, 0.3) is 0 Å². The number of benzene rings is 1. The van der Waals surface area contributed by atoms with Crippen LogP contribution in [0.15, 0.2) is 62.7 Å². The minimum atomic E-state index is -3.92. The summed E-state index contributed by atoms with van der Waals surface area (Å²) in [6.45, 7) is -0.284. The molecular formula is C16H13N3O4S3. The normalized spacial score (nSPS) is 14.5. The fourth-order valence-corrected chi connectivity index (χ4v) is 5.17. The zero-order valence-electron chi connectivity index (χ0n) is 13.2. The van der Waals surface area contributed by atoms with E-state index in [1.165, 1.54) is 23.7 Å². The molecule has 0 aliphatic carbocycles. The summed E-state index contributed by atoms with van der Waals surface area (Å²) in [7, 11) is -3.92. The predicted octanol–water partition coefficient (Wildman–Crippen LogP) is 2.56. The van der Waals surface area contributed by atoms with E-state index < -0.39 is 15.6 Å². The molecule has 1 aromatic carbocycles. The smallest absolute Gasteiger partial charge is 0.242 e. The first kappa shape index (κ1) is 17.3. The quantitative estimate of drug-likeness (QED) is 0.509. The van der Waals surface area contributed by atoms with E-state index in [1.807, 2.05) is 0 Å². The van der Waals surface area contributed by atoms with Gasteiger partial charge in [-0.15, -0.1) is 0 Å². The lowest BCUT2D eigenvalue weighted by Gasteiger charge is -2.25. The van der Waals surface area contributed by atoms with Crippen LogP contribution in [-0.2, 0) is 15.6 Å². The van der Waals surface area contributed by atoms with Crippen molar-refractivity contribution in [2.45, 2.75) is 10.5 Å². The van der Waals surface area contributed by atoms with Crippen molar-refractivity contribution >= 4 is 44.1 Å². The second kappa shape index (κ2) is 6.56. The Labute approximate surface area is 157 Å². The fourth-order valence-electron chi connectivity index (χ4n) is 2.62. The largest absolute Gasteiger partial charge is 0.466 e. The first-order chi connectivity index (χ1) is 12.5. The molecule has 1 atom stereocenters. The molecule has 7 nitrogen and oxygen atoms in total. The van der Waals surface area contributed by atoms with E-state index in [2.05, 4.69) is 13.5 Å². The highest BCUT2D eigenvalue weighted by molar-refractivity contribution is 7.89. The minimum absolute atomic E-state index is 0.0239. The van der Waals surface area contributed by atoms with Crippen LogP contribution >= 0.6 is 23.1 Å². The molecule has 0 aliphatic heterocycles. The number of thiophene rings is 1. The average molecular weight is 407 g/mol. The van der Waals surface area contributed by atoms with Crippen LogP contribution in [0.4, 0.5) is 0 Å². The minimum Gasteiger partial charge on any atom is -0.466 e. The summed E-state index contributed by atoms with van der Waals surface area (Å²) < 4.78 is 41.6. The molecule has 0 amide bonds. The molecule has 10 heteroatoms. The maximum absolute atomic E-state index is 12.8. The zero-order valence-corrected chi connectivity index (χ0v) is 15.6. The van der Waals surface area contributed by atoms with Crippen LogP contribution in [0.3, 0.4) is 0 Å². The Kier molecular flexibility index (Phi) is 4.37. The summed E-state index contributed by atoms with van der Waals surface area (Å²) in [6, 6.07) is 9.74. The van der Waals surface area contributed by atoms with Crippen LogP contribution in [0.1, 0.15) is 11.3 Å². The van der Waals surface area contributed by atoms with Crippen molar-refractivity contribution in [3.63, 3.8) is 0 Å². The Morgan fingerprint density at radius 2 is 2.08 bits per heavy atom. The number of hydrogen-bond acceptors (Lipinski definition) is 8. The van der Waals surface area contributed by atoms with Crippen molar-refractivity contribution in [3.8, 4) is 0 Å². The maximum atomic E-state index is 12.8. The van der Waals surface area contributed by atoms with E-state index in [-0.39, 0.29) is 17.2 Å². The molecule has 0 bridgehead atoms. The van der Waals surface area contributed by atoms with E-state index in [0.29, 0.717) is 16.6 Å². The van der Waals surface area contributed by atoms with Crippen molar-refractivity contribution in [2.24, 2.45) is 0 Å². The summed E-state index contributed by atoms with van der Waals surface area (Å²) >= 11 is 2.35. The van der Waals surface area contributed by atoms with Crippen molar-refractivity contribution in [1.82, 2.24) is 13.5 Å². The molecule has 0 fully saturated rings. The highest BCUT2D eigenvalue weighted by Gasteiger charge is 2.36. The van der Waals surface area contributed by atoms with Gasteiger partial charge in [0, 0.05) is 5.56 Å². The molecule has 26 heavy (non-hydrogen) atoms. The van der Waals surface area contributed by atoms with Crippen molar-refractivity contribution in [3.05, 3.63) is 64.7 Å². The van der Waals surface area contributed by atoms with Gasteiger partial charge < -0.3 is 9.52 Å². The summed E-state index contributed by atoms with van der Waals surface area (Å²) in [6.07, 6.45) is 1.43. The highest BCUT2D eigenvalue weighted by atomic mass is 32.2. The summed E-state index contributed by atoms with van der Waals surface area (Å²) in [5.41, 5.74) is -0.252. The summed E-state index contributed by atoms with van der Waals surface area (Å²) in [4.78, 5) is 0.0239. The van der Waals surface area contributed by atoms with E-state index in [9.17, 15) is 13.5 Å². The highest BCUT2D eigenvalue weighted by Crippen LogP contribution is 2.31. The van der Waals surface area contributed by atoms with Crippen LogP contribution < -0.4 is 4.72 Å². The number of sulfonamides is 1. The van der Waals surface area contributed by atoms with Gasteiger partial charge in [0.05, 0.1) is 24.5 Å². The molecule has 4 rings (SSSR count). The fraction of sp³-hybridized carbons (Fsp3) is 0.125. The first-order valence-electron chi connectivity index (χ1n) is 7.51. The van der Waals surface area contributed by atoms with Gasteiger partial charge in [-0.05, 0) is 41.1 Å². The predicted molar refractivity (Wildman–Crippen MR) is 98.6 cm³/mol. The topological polar surface area (TPSA) is 105 Å². The standard InChI is InChI=1S/C16H13N3O4S3/c20-16(11-6-8-24-9-11,14-5-2-7-23-14)10-17-26(21,22)13-4-1-3-12-15(13)19-25-18-12/h1-9,17,20H,10H2. The molecule has 2 N–H and O–H groups in total. The third-order valence-electron chi connectivity index (χ3n) is 3.98. The third kappa shape index (κ3) is 2.95. The molecule has 3 heterocycles. The summed E-state index contributed by atoms with van der Waals surface area (Å²) in [5, 5.41) is 14.7.